The van der Waals surface area contributed by atoms with Gasteiger partial charge in [0.1, 0.15) is 0 Å². The van der Waals surface area contributed by atoms with E-state index in [4.69, 9.17) is 15.6 Å². The van der Waals surface area contributed by atoms with Gasteiger partial charge in [-0.15, -0.1) is 0 Å². The van der Waals surface area contributed by atoms with Crippen LogP contribution in [-0.4, -0.2) is 18.2 Å². The average molecular weight is 246 g/mol. The Morgan fingerprint density at radius 3 is 2.62 bits per heavy atom. The molecule has 0 aromatic heterocycles. The third-order valence-electron chi connectivity index (χ3n) is 1.52. The van der Waals surface area contributed by atoms with Gasteiger partial charge < -0.3 is 15.6 Å². The molecule has 0 bridgehead atoms. The molecular formula is C8H8BrNO3. The van der Waals surface area contributed by atoms with E-state index in [9.17, 15) is 4.79 Å². The predicted octanol–water partition coefficient (Wildman–Crippen LogP) is 1.74. The summed E-state index contributed by atoms with van der Waals surface area (Å²) in [6.45, 7) is 0. The highest BCUT2D eigenvalue weighted by Gasteiger charge is 2.10. The SMILES string of the molecule is COc1c(N)cc(C(=O)O)cc1Br. The zero-order valence-corrected chi connectivity index (χ0v) is 8.46. The van der Waals surface area contributed by atoms with Crippen molar-refractivity contribution in [2.75, 3.05) is 12.8 Å². The number of hydrogen-bond donors (Lipinski definition) is 2. The second-order valence-electron chi connectivity index (χ2n) is 2.39. The molecule has 0 aliphatic carbocycles. The summed E-state index contributed by atoms with van der Waals surface area (Å²) >= 11 is 3.16. The van der Waals surface area contributed by atoms with Crippen molar-refractivity contribution in [2.24, 2.45) is 0 Å². The normalized spacial score (nSPS) is 9.69. The van der Waals surface area contributed by atoms with Crippen LogP contribution < -0.4 is 10.5 Å². The van der Waals surface area contributed by atoms with E-state index in [1.165, 1.54) is 19.2 Å². The molecule has 5 heteroatoms. The van der Waals surface area contributed by atoms with E-state index in [1.807, 2.05) is 0 Å². The van der Waals surface area contributed by atoms with Crippen LogP contribution in [0, 0.1) is 0 Å². The van der Waals surface area contributed by atoms with E-state index in [1.54, 1.807) is 0 Å². The maximum Gasteiger partial charge on any atom is 0.335 e. The summed E-state index contributed by atoms with van der Waals surface area (Å²) < 4.78 is 5.48. The molecule has 3 N–H and O–H groups in total. The molecule has 1 aromatic carbocycles. The van der Waals surface area contributed by atoms with Crippen molar-refractivity contribution in [3.05, 3.63) is 22.2 Å². The first-order valence-corrected chi connectivity index (χ1v) is 4.22. The Morgan fingerprint density at radius 1 is 1.62 bits per heavy atom. The summed E-state index contributed by atoms with van der Waals surface area (Å²) in [5.74, 6) is -0.569. The van der Waals surface area contributed by atoms with Gasteiger partial charge in [0.15, 0.2) is 5.75 Å². The van der Waals surface area contributed by atoms with Gasteiger partial charge in [-0.25, -0.2) is 4.79 Å². The van der Waals surface area contributed by atoms with Crippen molar-refractivity contribution in [3.63, 3.8) is 0 Å². The number of rotatable bonds is 2. The maximum absolute atomic E-state index is 10.6. The Bertz CT molecular complexity index is 328. The van der Waals surface area contributed by atoms with Gasteiger partial charge >= 0.3 is 5.97 Å². The maximum atomic E-state index is 10.6. The molecule has 1 rings (SSSR count). The van der Waals surface area contributed by atoms with Gasteiger partial charge in [-0.2, -0.15) is 0 Å². The number of carbonyl (C=O) groups is 1. The molecule has 0 atom stereocenters. The Labute approximate surface area is 83.4 Å². The summed E-state index contributed by atoms with van der Waals surface area (Å²) in [6.07, 6.45) is 0. The summed E-state index contributed by atoms with van der Waals surface area (Å²) in [6, 6.07) is 2.80. The first-order chi connectivity index (χ1) is 6.06. The van der Waals surface area contributed by atoms with Crippen LogP contribution in [0.25, 0.3) is 0 Å². The smallest absolute Gasteiger partial charge is 0.335 e. The summed E-state index contributed by atoms with van der Waals surface area (Å²) in [5.41, 5.74) is 5.98. The highest BCUT2D eigenvalue weighted by Crippen LogP contribution is 2.32. The molecule has 4 nitrogen and oxygen atoms in total. The van der Waals surface area contributed by atoms with Crippen molar-refractivity contribution >= 4 is 27.6 Å². The highest BCUT2D eigenvalue weighted by molar-refractivity contribution is 9.10. The molecule has 1 aromatic rings. The number of halogens is 1. The first kappa shape index (κ1) is 9.85. The third kappa shape index (κ3) is 1.92. The zero-order chi connectivity index (χ0) is 10.0. The number of ether oxygens (including phenoxy) is 1. The van der Waals surface area contributed by atoms with Gasteiger partial charge in [-0.05, 0) is 28.1 Å². The molecule has 0 amide bonds. The fraction of sp³-hybridized carbons (Fsp3) is 0.125. The lowest BCUT2D eigenvalue weighted by Gasteiger charge is -2.07. The van der Waals surface area contributed by atoms with E-state index in [2.05, 4.69) is 15.9 Å². The summed E-state index contributed by atoms with van der Waals surface area (Å²) in [4.78, 5) is 10.6. The minimum absolute atomic E-state index is 0.130. The molecular weight excluding hydrogens is 238 g/mol. The van der Waals surface area contributed by atoms with E-state index >= 15 is 0 Å². The van der Waals surface area contributed by atoms with Crippen molar-refractivity contribution in [3.8, 4) is 5.75 Å². The van der Waals surface area contributed by atoms with Gasteiger partial charge in [-0.1, -0.05) is 0 Å². The molecule has 0 fully saturated rings. The number of carboxylic acid groups (broad SMARTS) is 1. The average Bonchev–Trinajstić information content (AvgIpc) is 2.03. The molecule has 0 aliphatic rings. The topological polar surface area (TPSA) is 72.5 Å². The molecule has 0 saturated carbocycles. The van der Waals surface area contributed by atoms with E-state index < -0.39 is 5.97 Å². The van der Waals surface area contributed by atoms with Gasteiger partial charge in [0, 0.05) is 0 Å². The zero-order valence-electron chi connectivity index (χ0n) is 6.87. The van der Waals surface area contributed by atoms with Gasteiger partial charge in [-0.3, -0.25) is 0 Å². The van der Waals surface area contributed by atoms with Crippen LogP contribution >= 0.6 is 15.9 Å². The van der Waals surface area contributed by atoms with Gasteiger partial charge in [0.25, 0.3) is 0 Å². The Hall–Kier alpha value is -1.23. The summed E-state index contributed by atoms with van der Waals surface area (Å²) in [5, 5.41) is 8.68. The number of aromatic carboxylic acids is 1. The number of benzene rings is 1. The fourth-order valence-corrected chi connectivity index (χ4v) is 1.59. The molecule has 0 heterocycles. The standard InChI is InChI=1S/C8H8BrNO3/c1-13-7-5(9)2-4(8(11)12)3-6(7)10/h2-3H,10H2,1H3,(H,11,12). The largest absolute Gasteiger partial charge is 0.493 e. The van der Waals surface area contributed by atoms with Crippen LogP contribution in [0.4, 0.5) is 5.69 Å². The molecule has 0 radical (unpaired) electrons. The predicted molar refractivity (Wildman–Crippen MR) is 52.1 cm³/mol. The third-order valence-corrected chi connectivity index (χ3v) is 2.11. The monoisotopic (exact) mass is 245 g/mol. The van der Waals surface area contributed by atoms with Crippen molar-refractivity contribution in [1.82, 2.24) is 0 Å². The Kier molecular flexibility index (Phi) is 2.77. The molecule has 0 saturated heterocycles. The number of carboxylic acids is 1. The number of nitrogen functional groups attached to an aromatic ring is 1. The van der Waals surface area contributed by atoms with Crippen LogP contribution in [0.15, 0.2) is 16.6 Å². The molecule has 0 unspecified atom stereocenters. The van der Waals surface area contributed by atoms with Crippen molar-refractivity contribution < 1.29 is 14.6 Å². The minimum atomic E-state index is -1.02. The van der Waals surface area contributed by atoms with E-state index in [-0.39, 0.29) is 5.56 Å². The van der Waals surface area contributed by atoms with Crippen LogP contribution in [0.5, 0.6) is 5.75 Å². The lowest BCUT2D eigenvalue weighted by Crippen LogP contribution is -2.00. The Balaban J connectivity index is 3.28. The number of hydrogen-bond acceptors (Lipinski definition) is 3. The van der Waals surface area contributed by atoms with E-state index in [0.29, 0.717) is 15.9 Å². The van der Waals surface area contributed by atoms with Gasteiger partial charge in [0.05, 0.1) is 22.8 Å². The lowest BCUT2D eigenvalue weighted by molar-refractivity contribution is 0.0697. The van der Waals surface area contributed by atoms with Crippen molar-refractivity contribution in [2.45, 2.75) is 0 Å². The second kappa shape index (κ2) is 3.66. The van der Waals surface area contributed by atoms with Crippen LogP contribution in [0.2, 0.25) is 0 Å². The highest BCUT2D eigenvalue weighted by atomic mass is 79.9. The molecule has 70 valence electrons. The quantitative estimate of drug-likeness (QED) is 0.779. The van der Waals surface area contributed by atoms with Crippen molar-refractivity contribution in [1.29, 1.82) is 0 Å². The molecule has 13 heavy (non-hydrogen) atoms. The number of anilines is 1. The van der Waals surface area contributed by atoms with Crippen LogP contribution in [-0.2, 0) is 0 Å². The first-order valence-electron chi connectivity index (χ1n) is 3.42. The van der Waals surface area contributed by atoms with Crippen LogP contribution in [0.1, 0.15) is 10.4 Å². The number of methoxy groups -OCH3 is 1. The minimum Gasteiger partial charge on any atom is -0.493 e. The second-order valence-corrected chi connectivity index (χ2v) is 3.24. The van der Waals surface area contributed by atoms with Crippen LogP contribution in [0.3, 0.4) is 0 Å². The number of nitrogens with two attached hydrogens (primary N) is 1. The fourth-order valence-electron chi connectivity index (χ4n) is 0.954. The Morgan fingerprint density at radius 2 is 2.23 bits per heavy atom. The van der Waals surface area contributed by atoms with Gasteiger partial charge in [0.2, 0.25) is 0 Å². The molecule has 0 spiro atoms. The lowest BCUT2D eigenvalue weighted by atomic mass is 10.2. The summed E-state index contributed by atoms with van der Waals surface area (Å²) in [7, 11) is 1.47. The molecule has 0 aliphatic heterocycles. The van der Waals surface area contributed by atoms with E-state index in [0.717, 1.165) is 0 Å².